The van der Waals surface area contributed by atoms with Crippen LogP contribution in [0.2, 0.25) is 5.02 Å². The van der Waals surface area contributed by atoms with E-state index >= 15 is 0 Å². The van der Waals surface area contributed by atoms with Crippen LogP contribution in [0.1, 0.15) is 25.0 Å². The number of anilines is 3. The molecule has 0 bridgehead atoms. The smallest absolute Gasteiger partial charge is 0.323 e. The molecule has 2 amide bonds. The van der Waals surface area contributed by atoms with E-state index in [1.165, 1.54) is 0 Å². The average Bonchev–Trinajstić information content (AvgIpc) is 2.85. The Labute approximate surface area is 199 Å². The highest BCUT2D eigenvalue weighted by atomic mass is 35.5. The SMILES string of the molecule is CCc1cccc(CC)c1NC(=O)Nc1cnc(N2CCOCC2)nc1-c1ccccc1Cl. The summed E-state index contributed by atoms with van der Waals surface area (Å²) in [6, 6.07) is 13.2. The summed E-state index contributed by atoms with van der Waals surface area (Å²) in [5.74, 6) is 0.587. The summed E-state index contributed by atoms with van der Waals surface area (Å²) in [6.45, 7) is 6.83. The van der Waals surface area contributed by atoms with Crippen molar-refractivity contribution in [3.8, 4) is 11.3 Å². The molecule has 1 aromatic heterocycles. The molecule has 8 heteroatoms. The number of ether oxygens (including phenoxy) is 1. The molecule has 3 aromatic rings. The van der Waals surface area contributed by atoms with Crippen LogP contribution in [0.4, 0.5) is 22.1 Å². The Kier molecular flexibility index (Phi) is 7.42. The van der Waals surface area contributed by atoms with Crippen LogP contribution < -0.4 is 15.5 Å². The van der Waals surface area contributed by atoms with Gasteiger partial charge >= 0.3 is 6.03 Å². The molecule has 1 fully saturated rings. The van der Waals surface area contributed by atoms with Crippen LogP contribution >= 0.6 is 11.6 Å². The Morgan fingerprint density at radius 1 is 1.03 bits per heavy atom. The van der Waals surface area contributed by atoms with Crippen molar-refractivity contribution in [1.29, 1.82) is 0 Å². The topological polar surface area (TPSA) is 79.4 Å². The van der Waals surface area contributed by atoms with E-state index in [9.17, 15) is 4.79 Å². The van der Waals surface area contributed by atoms with E-state index in [1.807, 2.05) is 42.5 Å². The molecular weight excluding hydrogens is 438 g/mol. The van der Waals surface area contributed by atoms with Crippen LogP contribution in [0, 0.1) is 0 Å². The Bertz CT molecular complexity index is 1110. The molecule has 7 nitrogen and oxygen atoms in total. The van der Waals surface area contributed by atoms with E-state index in [2.05, 4.69) is 34.4 Å². The molecule has 172 valence electrons. The number of benzene rings is 2. The zero-order valence-corrected chi connectivity index (χ0v) is 19.7. The van der Waals surface area contributed by atoms with Crippen LogP contribution in [0.15, 0.2) is 48.7 Å². The Balaban J connectivity index is 1.66. The first-order valence-corrected chi connectivity index (χ1v) is 11.6. The second-order valence-corrected chi connectivity index (χ2v) is 8.16. The van der Waals surface area contributed by atoms with Crippen molar-refractivity contribution in [2.75, 3.05) is 41.8 Å². The minimum atomic E-state index is -0.346. The number of carbonyl (C=O) groups excluding carboxylic acids is 1. The predicted octanol–water partition coefficient (Wildman–Crippen LogP) is 5.40. The largest absolute Gasteiger partial charge is 0.378 e. The summed E-state index contributed by atoms with van der Waals surface area (Å²) in [5, 5.41) is 6.53. The number of morpholine rings is 1. The van der Waals surface area contributed by atoms with Gasteiger partial charge in [0.15, 0.2) is 0 Å². The number of para-hydroxylation sites is 1. The van der Waals surface area contributed by atoms with Gasteiger partial charge in [-0.2, -0.15) is 0 Å². The second-order valence-electron chi connectivity index (χ2n) is 7.75. The number of amides is 2. The van der Waals surface area contributed by atoms with Crippen molar-refractivity contribution < 1.29 is 9.53 Å². The molecule has 1 aliphatic heterocycles. The second kappa shape index (κ2) is 10.6. The van der Waals surface area contributed by atoms with E-state index in [0.717, 1.165) is 35.2 Å². The summed E-state index contributed by atoms with van der Waals surface area (Å²) in [4.78, 5) is 24.4. The first-order valence-electron chi connectivity index (χ1n) is 11.2. The molecule has 0 aliphatic carbocycles. The molecule has 0 radical (unpaired) electrons. The fraction of sp³-hybridized carbons (Fsp3) is 0.320. The standard InChI is InChI=1S/C25H28ClN5O2/c1-3-17-8-7-9-18(4-2)22(17)30-25(32)28-21-16-27-24(31-12-14-33-15-13-31)29-23(21)19-10-5-6-11-20(19)26/h5-11,16H,3-4,12-15H2,1-2H3,(H2,28,30,32). The van der Waals surface area contributed by atoms with Crippen LogP contribution in [-0.2, 0) is 17.6 Å². The van der Waals surface area contributed by atoms with Crippen molar-refractivity contribution in [1.82, 2.24) is 9.97 Å². The van der Waals surface area contributed by atoms with Gasteiger partial charge in [0.2, 0.25) is 5.95 Å². The Hall–Kier alpha value is -3.16. The number of hydrogen-bond acceptors (Lipinski definition) is 5. The van der Waals surface area contributed by atoms with Crippen LogP contribution in [0.5, 0.6) is 0 Å². The Morgan fingerprint density at radius 2 is 1.73 bits per heavy atom. The summed E-state index contributed by atoms with van der Waals surface area (Å²) >= 11 is 6.49. The molecule has 2 N–H and O–H groups in total. The third-order valence-electron chi connectivity index (χ3n) is 5.68. The number of nitrogens with zero attached hydrogens (tertiary/aromatic N) is 3. The van der Waals surface area contributed by atoms with Gasteiger partial charge in [-0.05, 0) is 30.0 Å². The van der Waals surface area contributed by atoms with E-state index in [0.29, 0.717) is 48.7 Å². The van der Waals surface area contributed by atoms with Crippen molar-refractivity contribution in [2.45, 2.75) is 26.7 Å². The minimum Gasteiger partial charge on any atom is -0.378 e. The maximum atomic E-state index is 13.0. The van der Waals surface area contributed by atoms with Gasteiger partial charge in [-0.3, -0.25) is 0 Å². The monoisotopic (exact) mass is 465 g/mol. The van der Waals surface area contributed by atoms with E-state index < -0.39 is 0 Å². The quantitative estimate of drug-likeness (QED) is 0.509. The van der Waals surface area contributed by atoms with E-state index in [-0.39, 0.29) is 6.03 Å². The first-order chi connectivity index (χ1) is 16.1. The number of urea groups is 1. The molecule has 33 heavy (non-hydrogen) atoms. The number of rotatable bonds is 6. The highest BCUT2D eigenvalue weighted by molar-refractivity contribution is 6.33. The van der Waals surface area contributed by atoms with E-state index in [1.54, 1.807) is 6.20 Å². The molecule has 0 atom stereocenters. The van der Waals surface area contributed by atoms with Gasteiger partial charge in [-0.15, -0.1) is 0 Å². The number of aryl methyl sites for hydroxylation is 2. The maximum absolute atomic E-state index is 13.0. The van der Waals surface area contributed by atoms with Crippen molar-refractivity contribution in [2.24, 2.45) is 0 Å². The molecule has 0 spiro atoms. The minimum absolute atomic E-state index is 0.346. The van der Waals surface area contributed by atoms with Crippen molar-refractivity contribution in [3.63, 3.8) is 0 Å². The summed E-state index contributed by atoms with van der Waals surface area (Å²) in [6.07, 6.45) is 3.29. The lowest BCUT2D eigenvalue weighted by atomic mass is 10.0. The number of carbonyl (C=O) groups is 1. The molecule has 2 aromatic carbocycles. The van der Waals surface area contributed by atoms with Crippen LogP contribution in [-0.4, -0.2) is 42.3 Å². The predicted molar refractivity (Wildman–Crippen MR) is 133 cm³/mol. The molecular formula is C25H28ClN5O2. The lowest BCUT2D eigenvalue weighted by molar-refractivity contribution is 0.122. The molecule has 1 saturated heterocycles. The summed E-state index contributed by atoms with van der Waals surface area (Å²) in [5.41, 5.74) is 4.83. The van der Waals surface area contributed by atoms with Gasteiger partial charge in [-0.1, -0.05) is 61.8 Å². The molecule has 2 heterocycles. The molecule has 0 unspecified atom stereocenters. The number of nitrogens with one attached hydrogen (secondary N) is 2. The van der Waals surface area contributed by atoms with Crippen molar-refractivity contribution >= 4 is 35.0 Å². The lowest BCUT2D eigenvalue weighted by Gasteiger charge is -2.27. The zero-order valence-electron chi connectivity index (χ0n) is 18.9. The lowest BCUT2D eigenvalue weighted by Crippen LogP contribution is -2.37. The average molecular weight is 466 g/mol. The van der Waals surface area contributed by atoms with Gasteiger partial charge in [0, 0.05) is 24.3 Å². The van der Waals surface area contributed by atoms with Crippen molar-refractivity contribution in [3.05, 3.63) is 64.8 Å². The van der Waals surface area contributed by atoms with E-state index in [4.69, 9.17) is 21.3 Å². The van der Waals surface area contributed by atoms with Gasteiger partial charge in [0.25, 0.3) is 0 Å². The van der Waals surface area contributed by atoms with Crippen LogP contribution in [0.3, 0.4) is 0 Å². The van der Waals surface area contributed by atoms with Gasteiger partial charge < -0.3 is 20.3 Å². The molecule has 1 aliphatic rings. The summed E-state index contributed by atoms with van der Waals surface area (Å²) in [7, 11) is 0. The fourth-order valence-corrected chi connectivity index (χ4v) is 4.13. The van der Waals surface area contributed by atoms with Gasteiger partial charge in [0.1, 0.15) is 5.69 Å². The number of aromatic nitrogens is 2. The molecule has 0 saturated carbocycles. The Morgan fingerprint density at radius 3 is 2.39 bits per heavy atom. The van der Waals surface area contributed by atoms with Crippen LogP contribution in [0.25, 0.3) is 11.3 Å². The first kappa shape index (κ1) is 23.0. The third-order valence-corrected chi connectivity index (χ3v) is 6.01. The van der Waals surface area contributed by atoms with Gasteiger partial charge in [0.05, 0.1) is 30.1 Å². The summed E-state index contributed by atoms with van der Waals surface area (Å²) < 4.78 is 5.44. The highest BCUT2D eigenvalue weighted by Crippen LogP contribution is 2.33. The number of hydrogen-bond donors (Lipinski definition) is 2. The maximum Gasteiger partial charge on any atom is 0.323 e. The zero-order chi connectivity index (χ0) is 23.2. The molecule has 4 rings (SSSR count). The fourth-order valence-electron chi connectivity index (χ4n) is 3.91. The third kappa shape index (κ3) is 5.26. The number of halogens is 1. The highest BCUT2D eigenvalue weighted by Gasteiger charge is 2.20. The van der Waals surface area contributed by atoms with Gasteiger partial charge in [-0.25, -0.2) is 14.8 Å². The normalized spacial score (nSPS) is 13.6.